The number of aliphatic hydroxyl groups excluding tert-OH is 1. The van der Waals surface area contributed by atoms with Crippen molar-refractivity contribution in [3.63, 3.8) is 0 Å². The molecule has 1 amide bonds. The van der Waals surface area contributed by atoms with Crippen LogP contribution < -0.4 is 14.8 Å². The lowest BCUT2D eigenvalue weighted by atomic mass is 9.83. The molecule has 1 aliphatic rings. The van der Waals surface area contributed by atoms with Crippen molar-refractivity contribution in [1.29, 1.82) is 0 Å². The van der Waals surface area contributed by atoms with Gasteiger partial charge in [-0.05, 0) is 53.9 Å². The minimum absolute atomic E-state index is 0.0500. The maximum absolute atomic E-state index is 14.0. The van der Waals surface area contributed by atoms with Crippen LogP contribution in [0.25, 0.3) is 10.4 Å². The van der Waals surface area contributed by atoms with Gasteiger partial charge in [-0.3, -0.25) is 4.79 Å². The number of amides is 1. The van der Waals surface area contributed by atoms with Gasteiger partial charge in [0.25, 0.3) is 5.91 Å². The van der Waals surface area contributed by atoms with Crippen LogP contribution in [0.15, 0.2) is 95.6 Å². The molecule has 41 heavy (non-hydrogen) atoms. The Morgan fingerprint density at radius 2 is 2.00 bits per heavy atom. The lowest BCUT2D eigenvalue weighted by Crippen LogP contribution is -2.48. The molecular weight excluding hydrogens is 522 g/mol. The molecule has 0 aliphatic carbocycles. The maximum Gasteiger partial charge on any atom is 0.252 e. The number of nitrogens with one attached hydrogen (secondary N) is 1. The monoisotopic (exact) mass is 555 g/mol. The van der Waals surface area contributed by atoms with Crippen LogP contribution in [0, 0.1) is 0 Å². The van der Waals surface area contributed by atoms with Crippen molar-refractivity contribution in [1.82, 2.24) is 5.32 Å². The summed E-state index contributed by atoms with van der Waals surface area (Å²) >= 11 is 0. The number of methoxy groups -OCH3 is 1. The third-order valence-electron chi connectivity index (χ3n) is 6.69. The van der Waals surface area contributed by atoms with Crippen LogP contribution in [0.1, 0.15) is 35.6 Å². The van der Waals surface area contributed by atoms with Gasteiger partial charge in [0, 0.05) is 47.7 Å². The van der Waals surface area contributed by atoms with Gasteiger partial charge in [-0.1, -0.05) is 47.6 Å². The van der Waals surface area contributed by atoms with Crippen molar-refractivity contribution in [2.24, 2.45) is 10.1 Å². The zero-order chi connectivity index (χ0) is 29.1. The van der Waals surface area contributed by atoms with Gasteiger partial charge in [0.15, 0.2) is 11.6 Å². The van der Waals surface area contributed by atoms with E-state index >= 15 is 0 Å². The normalized spacial score (nSPS) is 17.5. The topological polar surface area (TPSA) is 138 Å². The van der Waals surface area contributed by atoms with Crippen molar-refractivity contribution in [2.75, 3.05) is 26.9 Å². The van der Waals surface area contributed by atoms with Gasteiger partial charge in [-0.2, -0.15) is 0 Å². The molecule has 1 aliphatic heterocycles. The van der Waals surface area contributed by atoms with E-state index < -0.39 is 11.6 Å². The number of hydrogen-bond acceptors (Lipinski definition) is 7. The highest BCUT2D eigenvalue weighted by atomic mass is 16.5. The number of aliphatic imine (C=N–C) groups is 1. The number of carbonyl (C=O) groups excluding carboxylic acids is 1. The van der Waals surface area contributed by atoms with E-state index in [-0.39, 0.29) is 24.8 Å². The highest BCUT2D eigenvalue weighted by Crippen LogP contribution is 2.45. The second-order valence-corrected chi connectivity index (χ2v) is 9.39. The SMILES string of the molecule is C=CC[C@@]1(C(=O)NCCc2cccc(OC)c2)N=C(c2ccc(OCCCO)cc2)O[C@@H]1c1ccccc1N=[N+]=[N-]. The quantitative estimate of drug-likeness (QED) is 0.0878. The molecule has 2 atom stereocenters. The van der Waals surface area contributed by atoms with Crippen molar-refractivity contribution >= 4 is 17.5 Å². The number of azide groups is 1. The first-order valence-electron chi connectivity index (χ1n) is 13.3. The summed E-state index contributed by atoms with van der Waals surface area (Å²) in [5.41, 5.74) is 10.3. The third kappa shape index (κ3) is 6.87. The molecule has 0 aromatic heterocycles. The smallest absolute Gasteiger partial charge is 0.252 e. The number of nitrogens with zero attached hydrogens (tertiary/aromatic N) is 4. The number of ether oxygens (including phenoxy) is 3. The molecule has 3 aromatic rings. The van der Waals surface area contributed by atoms with E-state index in [9.17, 15) is 10.3 Å². The van der Waals surface area contributed by atoms with Crippen molar-refractivity contribution in [3.8, 4) is 11.5 Å². The molecule has 0 radical (unpaired) electrons. The molecule has 0 spiro atoms. The van der Waals surface area contributed by atoms with E-state index in [2.05, 4.69) is 21.9 Å². The lowest BCUT2D eigenvalue weighted by Gasteiger charge is -2.30. The summed E-state index contributed by atoms with van der Waals surface area (Å²) in [5, 5.41) is 15.9. The van der Waals surface area contributed by atoms with E-state index in [1.54, 1.807) is 61.7 Å². The second-order valence-electron chi connectivity index (χ2n) is 9.39. The molecule has 1 heterocycles. The molecule has 0 fully saturated rings. The Labute approximate surface area is 238 Å². The molecule has 0 bridgehead atoms. The molecule has 212 valence electrons. The largest absolute Gasteiger partial charge is 0.497 e. The second kappa shape index (κ2) is 14.0. The number of rotatable bonds is 14. The van der Waals surface area contributed by atoms with Crippen LogP contribution in [0.3, 0.4) is 0 Å². The van der Waals surface area contributed by atoms with E-state index in [0.717, 1.165) is 11.3 Å². The average molecular weight is 556 g/mol. The fourth-order valence-electron chi connectivity index (χ4n) is 4.66. The zero-order valence-electron chi connectivity index (χ0n) is 22.9. The van der Waals surface area contributed by atoms with Gasteiger partial charge in [-0.15, -0.1) is 6.58 Å². The molecule has 0 saturated carbocycles. The van der Waals surface area contributed by atoms with Gasteiger partial charge in [-0.25, -0.2) is 4.99 Å². The number of benzene rings is 3. The highest BCUT2D eigenvalue weighted by Gasteiger charge is 2.52. The average Bonchev–Trinajstić information content (AvgIpc) is 3.38. The summed E-state index contributed by atoms with van der Waals surface area (Å²) in [5.74, 6) is 1.33. The van der Waals surface area contributed by atoms with Crippen LogP contribution in [0.2, 0.25) is 0 Å². The summed E-state index contributed by atoms with van der Waals surface area (Å²) in [6, 6.07) is 21.8. The molecular formula is C31H33N5O5. The number of carbonyl (C=O) groups is 1. The summed E-state index contributed by atoms with van der Waals surface area (Å²) in [6.45, 7) is 4.70. The Morgan fingerprint density at radius 1 is 1.20 bits per heavy atom. The zero-order valence-corrected chi connectivity index (χ0v) is 22.9. The first-order chi connectivity index (χ1) is 20.0. The Kier molecular flexibility index (Phi) is 9.99. The van der Waals surface area contributed by atoms with Crippen molar-refractivity contribution in [3.05, 3.63) is 113 Å². The Balaban J connectivity index is 1.66. The van der Waals surface area contributed by atoms with Crippen LogP contribution >= 0.6 is 0 Å². The molecule has 10 nitrogen and oxygen atoms in total. The highest BCUT2D eigenvalue weighted by molar-refractivity contribution is 6.01. The first-order valence-corrected chi connectivity index (χ1v) is 13.3. The molecule has 10 heteroatoms. The standard InChI is InChI=1S/C31H33N5O5/c1-3-17-31(30(38)33-18-16-22-8-6-9-25(21-22)39-2)28(26-10-4-5-11-27(26)35-36-32)41-29(34-31)23-12-14-24(15-13-23)40-20-7-19-37/h3-6,8-15,21,28,37H,1,7,16-20H2,2H3,(H,33,38)/t28-,31-/m1/s1. The molecule has 4 rings (SSSR count). The lowest BCUT2D eigenvalue weighted by molar-refractivity contribution is -0.128. The number of aliphatic hydroxyl groups is 1. The first kappa shape index (κ1) is 29.2. The number of hydrogen-bond donors (Lipinski definition) is 2. The molecule has 3 aromatic carbocycles. The van der Waals surface area contributed by atoms with Gasteiger partial charge in [0.2, 0.25) is 5.90 Å². The maximum atomic E-state index is 14.0. The van der Waals surface area contributed by atoms with Gasteiger partial charge in [0.05, 0.1) is 13.7 Å². The fourth-order valence-corrected chi connectivity index (χ4v) is 4.66. The minimum Gasteiger partial charge on any atom is -0.497 e. The minimum atomic E-state index is -1.40. The molecule has 2 N–H and O–H groups in total. The van der Waals surface area contributed by atoms with Crippen molar-refractivity contribution in [2.45, 2.75) is 30.9 Å². The van der Waals surface area contributed by atoms with Crippen LogP contribution in [0.4, 0.5) is 5.69 Å². The van der Waals surface area contributed by atoms with E-state index in [1.165, 1.54) is 0 Å². The van der Waals surface area contributed by atoms with E-state index in [4.69, 9.17) is 24.3 Å². The van der Waals surface area contributed by atoms with Crippen LogP contribution in [-0.4, -0.2) is 49.3 Å². The third-order valence-corrected chi connectivity index (χ3v) is 6.69. The van der Waals surface area contributed by atoms with Crippen LogP contribution in [0.5, 0.6) is 11.5 Å². The van der Waals surface area contributed by atoms with Gasteiger partial charge < -0.3 is 24.6 Å². The summed E-state index contributed by atoms with van der Waals surface area (Å²) in [7, 11) is 1.61. The van der Waals surface area contributed by atoms with Gasteiger partial charge >= 0.3 is 0 Å². The predicted molar refractivity (Wildman–Crippen MR) is 157 cm³/mol. The fraction of sp³-hybridized carbons (Fsp3) is 0.290. The molecule has 0 saturated heterocycles. The Hall–Kier alpha value is -4.79. The Morgan fingerprint density at radius 3 is 2.73 bits per heavy atom. The van der Waals surface area contributed by atoms with Crippen LogP contribution in [-0.2, 0) is 16.0 Å². The van der Waals surface area contributed by atoms with Gasteiger partial charge in [0.1, 0.15) is 11.5 Å². The Bertz CT molecular complexity index is 1430. The van der Waals surface area contributed by atoms with E-state index in [1.807, 2.05) is 24.3 Å². The summed E-state index contributed by atoms with van der Waals surface area (Å²) < 4.78 is 17.4. The predicted octanol–water partition coefficient (Wildman–Crippen LogP) is 5.59. The van der Waals surface area contributed by atoms with Crippen molar-refractivity contribution < 1.29 is 24.1 Å². The van der Waals surface area contributed by atoms with E-state index in [0.29, 0.717) is 48.6 Å². The summed E-state index contributed by atoms with van der Waals surface area (Å²) in [6.07, 6.45) is 2.05. The summed E-state index contributed by atoms with van der Waals surface area (Å²) in [4.78, 5) is 21.8. The molecule has 0 unspecified atom stereocenters.